The van der Waals surface area contributed by atoms with E-state index in [2.05, 4.69) is 5.32 Å². The Balaban J connectivity index is 2.43. The van der Waals surface area contributed by atoms with Gasteiger partial charge in [0.15, 0.2) is 0 Å². The molecule has 0 fully saturated rings. The quantitative estimate of drug-likeness (QED) is 0.691. The van der Waals surface area contributed by atoms with E-state index in [-0.39, 0.29) is 17.6 Å². The zero-order valence-electron chi connectivity index (χ0n) is 10.9. The van der Waals surface area contributed by atoms with Crippen molar-refractivity contribution in [1.82, 2.24) is 5.32 Å². The highest BCUT2D eigenvalue weighted by atomic mass is 16.3. The lowest BCUT2D eigenvalue weighted by atomic mass is 10.0. The van der Waals surface area contributed by atoms with Gasteiger partial charge in [0.1, 0.15) is 11.5 Å². The van der Waals surface area contributed by atoms with Crippen LogP contribution >= 0.6 is 0 Å². The predicted octanol–water partition coefficient (Wildman–Crippen LogP) is 1.77. The second kappa shape index (κ2) is 7.13. The van der Waals surface area contributed by atoms with Crippen LogP contribution < -0.4 is 5.32 Å². The van der Waals surface area contributed by atoms with E-state index in [1.165, 1.54) is 0 Å². The summed E-state index contributed by atoms with van der Waals surface area (Å²) in [6.07, 6.45) is 0.391. The van der Waals surface area contributed by atoms with E-state index in [0.29, 0.717) is 19.4 Å². The standard InChI is InChI=1S/C14H21NO3/c1-3-12(16)8-9-15-10(2)14(18)11-4-6-13(17)7-5-11/h4-7,10,14-15,17-18H,3,8-9H2,1-2H3. The maximum atomic E-state index is 11.1. The number of nitrogens with one attached hydrogen (secondary N) is 1. The summed E-state index contributed by atoms with van der Waals surface area (Å²) in [5.74, 6) is 0.397. The van der Waals surface area contributed by atoms with Gasteiger partial charge in [0.05, 0.1) is 6.10 Å². The minimum atomic E-state index is -0.651. The Labute approximate surface area is 108 Å². The number of ketones is 1. The molecular weight excluding hydrogens is 230 g/mol. The Bertz CT molecular complexity index is 375. The van der Waals surface area contributed by atoms with E-state index in [1.807, 2.05) is 13.8 Å². The maximum absolute atomic E-state index is 11.1. The topological polar surface area (TPSA) is 69.6 Å². The monoisotopic (exact) mass is 251 g/mol. The molecule has 1 rings (SSSR count). The summed E-state index contributed by atoms with van der Waals surface area (Å²) in [5, 5.41) is 22.4. The van der Waals surface area contributed by atoms with Gasteiger partial charge in [-0.2, -0.15) is 0 Å². The largest absolute Gasteiger partial charge is 0.508 e. The van der Waals surface area contributed by atoms with Crippen molar-refractivity contribution in [1.29, 1.82) is 0 Å². The molecule has 0 saturated heterocycles. The van der Waals surface area contributed by atoms with E-state index < -0.39 is 6.10 Å². The van der Waals surface area contributed by atoms with Crippen molar-refractivity contribution < 1.29 is 15.0 Å². The van der Waals surface area contributed by atoms with Gasteiger partial charge in [-0.3, -0.25) is 4.79 Å². The second-order valence-corrected chi connectivity index (χ2v) is 4.42. The van der Waals surface area contributed by atoms with Gasteiger partial charge in [-0.25, -0.2) is 0 Å². The molecule has 3 N–H and O–H groups in total. The number of carbonyl (C=O) groups excluding carboxylic acids is 1. The van der Waals surface area contributed by atoms with Crippen LogP contribution in [0.15, 0.2) is 24.3 Å². The summed E-state index contributed by atoms with van der Waals surface area (Å²) < 4.78 is 0. The molecule has 18 heavy (non-hydrogen) atoms. The second-order valence-electron chi connectivity index (χ2n) is 4.42. The third kappa shape index (κ3) is 4.47. The van der Waals surface area contributed by atoms with Crippen LogP contribution in [0.25, 0.3) is 0 Å². The summed E-state index contributed by atoms with van der Waals surface area (Å²) >= 11 is 0. The summed E-state index contributed by atoms with van der Waals surface area (Å²) in [6, 6.07) is 6.34. The van der Waals surface area contributed by atoms with Crippen molar-refractivity contribution in [3.05, 3.63) is 29.8 Å². The number of carbonyl (C=O) groups is 1. The van der Waals surface area contributed by atoms with E-state index in [1.54, 1.807) is 24.3 Å². The molecule has 0 saturated carbocycles. The van der Waals surface area contributed by atoms with Crippen LogP contribution in [0, 0.1) is 0 Å². The summed E-state index contributed by atoms with van der Waals surface area (Å²) in [6.45, 7) is 4.29. The lowest BCUT2D eigenvalue weighted by molar-refractivity contribution is -0.118. The summed E-state index contributed by atoms with van der Waals surface area (Å²) in [4.78, 5) is 11.1. The van der Waals surface area contributed by atoms with Gasteiger partial charge in [0.2, 0.25) is 0 Å². The average Bonchev–Trinajstić information content (AvgIpc) is 2.38. The first-order chi connectivity index (χ1) is 8.54. The highest BCUT2D eigenvalue weighted by Crippen LogP contribution is 2.19. The maximum Gasteiger partial charge on any atom is 0.133 e. The number of benzene rings is 1. The Morgan fingerprint density at radius 2 is 1.94 bits per heavy atom. The molecule has 100 valence electrons. The van der Waals surface area contributed by atoms with Crippen LogP contribution in [0.4, 0.5) is 0 Å². The normalized spacial score (nSPS) is 14.2. The average molecular weight is 251 g/mol. The van der Waals surface area contributed by atoms with E-state index in [0.717, 1.165) is 5.56 Å². The molecule has 0 amide bonds. The third-order valence-corrected chi connectivity index (χ3v) is 2.97. The number of aromatic hydroxyl groups is 1. The Morgan fingerprint density at radius 1 is 1.33 bits per heavy atom. The van der Waals surface area contributed by atoms with Gasteiger partial charge < -0.3 is 15.5 Å². The van der Waals surface area contributed by atoms with Crippen LogP contribution in [0.2, 0.25) is 0 Å². The Kier molecular flexibility index (Phi) is 5.82. The number of hydrogen-bond donors (Lipinski definition) is 3. The lowest BCUT2D eigenvalue weighted by Crippen LogP contribution is -2.33. The van der Waals surface area contributed by atoms with Crippen molar-refractivity contribution in [3.63, 3.8) is 0 Å². The van der Waals surface area contributed by atoms with Gasteiger partial charge in [-0.05, 0) is 24.6 Å². The predicted molar refractivity (Wildman–Crippen MR) is 70.4 cm³/mol. The number of Topliss-reactive ketones (excluding diaryl/α,β-unsaturated/α-hetero) is 1. The van der Waals surface area contributed by atoms with Gasteiger partial charge in [-0.1, -0.05) is 19.1 Å². The van der Waals surface area contributed by atoms with Crippen molar-refractivity contribution >= 4 is 5.78 Å². The smallest absolute Gasteiger partial charge is 0.133 e. The highest BCUT2D eigenvalue weighted by molar-refractivity contribution is 5.78. The van der Waals surface area contributed by atoms with Gasteiger partial charge in [0, 0.05) is 25.4 Å². The molecule has 0 heterocycles. The number of phenols is 1. The van der Waals surface area contributed by atoms with Crippen LogP contribution in [0.3, 0.4) is 0 Å². The van der Waals surface area contributed by atoms with Crippen molar-refractivity contribution in [2.75, 3.05) is 6.54 Å². The molecule has 0 radical (unpaired) electrons. The molecule has 0 bridgehead atoms. The molecule has 2 atom stereocenters. The third-order valence-electron chi connectivity index (χ3n) is 2.97. The van der Waals surface area contributed by atoms with Gasteiger partial charge in [-0.15, -0.1) is 0 Å². The molecule has 4 nitrogen and oxygen atoms in total. The Hall–Kier alpha value is -1.39. The fraction of sp³-hybridized carbons (Fsp3) is 0.500. The Morgan fingerprint density at radius 3 is 2.50 bits per heavy atom. The molecular formula is C14H21NO3. The van der Waals surface area contributed by atoms with Crippen molar-refractivity contribution in [3.8, 4) is 5.75 Å². The molecule has 4 heteroatoms. The van der Waals surface area contributed by atoms with Crippen LogP contribution in [0.1, 0.15) is 38.4 Å². The SMILES string of the molecule is CCC(=O)CCNC(C)C(O)c1ccc(O)cc1. The molecule has 0 aromatic heterocycles. The molecule has 0 aliphatic heterocycles. The van der Waals surface area contributed by atoms with E-state index >= 15 is 0 Å². The lowest BCUT2D eigenvalue weighted by Gasteiger charge is -2.20. The molecule has 0 aliphatic carbocycles. The zero-order chi connectivity index (χ0) is 13.5. The van der Waals surface area contributed by atoms with Gasteiger partial charge >= 0.3 is 0 Å². The number of aliphatic hydroxyl groups excluding tert-OH is 1. The molecule has 2 unspecified atom stereocenters. The highest BCUT2D eigenvalue weighted by Gasteiger charge is 2.15. The van der Waals surface area contributed by atoms with Crippen LogP contribution in [-0.2, 0) is 4.79 Å². The fourth-order valence-corrected chi connectivity index (χ4v) is 1.69. The summed E-state index contributed by atoms with van der Waals surface area (Å²) in [5.41, 5.74) is 0.745. The van der Waals surface area contributed by atoms with E-state index in [4.69, 9.17) is 0 Å². The molecule has 0 spiro atoms. The first-order valence-electron chi connectivity index (χ1n) is 6.26. The fourth-order valence-electron chi connectivity index (χ4n) is 1.69. The van der Waals surface area contributed by atoms with Crippen LogP contribution in [0.5, 0.6) is 5.75 Å². The zero-order valence-corrected chi connectivity index (χ0v) is 10.9. The van der Waals surface area contributed by atoms with Crippen LogP contribution in [-0.4, -0.2) is 28.6 Å². The number of rotatable bonds is 7. The van der Waals surface area contributed by atoms with Crippen molar-refractivity contribution in [2.45, 2.75) is 38.8 Å². The minimum absolute atomic E-state index is 0.140. The molecule has 1 aromatic rings. The number of phenolic OH excluding ortho intramolecular Hbond substituents is 1. The number of hydrogen-bond acceptors (Lipinski definition) is 4. The molecule has 1 aromatic carbocycles. The van der Waals surface area contributed by atoms with Crippen molar-refractivity contribution in [2.24, 2.45) is 0 Å². The van der Waals surface area contributed by atoms with E-state index in [9.17, 15) is 15.0 Å². The first-order valence-corrected chi connectivity index (χ1v) is 6.26. The number of aliphatic hydroxyl groups is 1. The summed E-state index contributed by atoms with van der Waals surface area (Å²) in [7, 11) is 0. The molecule has 0 aliphatic rings. The first kappa shape index (κ1) is 14.7. The van der Waals surface area contributed by atoms with Gasteiger partial charge in [0.25, 0.3) is 0 Å². The minimum Gasteiger partial charge on any atom is -0.508 e.